The van der Waals surface area contributed by atoms with Gasteiger partial charge in [0.15, 0.2) is 5.78 Å². The van der Waals surface area contributed by atoms with E-state index in [4.69, 9.17) is 11.5 Å². The zero-order valence-electron chi connectivity index (χ0n) is 9.60. The van der Waals surface area contributed by atoms with Crippen molar-refractivity contribution >= 4 is 17.2 Å². The summed E-state index contributed by atoms with van der Waals surface area (Å²) in [5.41, 5.74) is 15.2. The monoisotopic (exact) mass is 226 g/mol. The SMILES string of the molecule is CC(=O)c1cccc(-c2ccc(N)cc2)c1N. The first-order valence-corrected chi connectivity index (χ1v) is 5.35. The van der Waals surface area contributed by atoms with Crippen LogP contribution in [-0.2, 0) is 0 Å². The fourth-order valence-corrected chi connectivity index (χ4v) is 1.79. The minimum absolute atomic E-state index is 0.0280. The van der Waals surface area contributed by atoms with E-state index >= 15 is 0 Å². The maximum atomic E-state index is 11.4. The Morgan fingerprint density at radius 2 is 1.65 bits per heavy atom. The van der Waals surface area contributed by atoms with Crippen LogP contribution in [0, 0.1) is 0 Å². The summed E-state index contributed by atoms with van der Waals surface area (Å²) >= 11 is 0. The zero-order valence-corrected chi connectivity index (χ0v) is 9.60. The lowest BCUT2D eigenvalue weighted by atomic mass is 9.98. The molecule has 0 atom stereocenters. The van der Waals surface area contributed by atoms with Crippen molar-refractivity contribution in [3.63, 3.8) is 0 Å². The van der Waals surface area contributed by atoms with Gasteiger partial charge in [-0.1, -0.05) is 24.3 Å². The van der Waals surface area contributed by atoms with E-state index in [0.717, 1.165) is 11.1 Å². The number of nitrogens with two attached hydrogens (primary N) is 2. The molecule has 0 aliphatic heterocycles. The number of carbonyl (C=O) groups excluding carboxylic acids is 1. The minimum atomic E-state index is -0.0280. The van der Waals surface area contributed by atoms with Gasteiger partial charge in [0.1, 0.15) is 0 Å². The molecule has 2 aromatic carbocycles. The second-order valence-electron chi connectivity index (χ2n) is 3.95. The lowest BCUT2D eigenvalue weighted by Crippen LogP contribution is -2.01. The van der Waals surface area contributed by atoms with Crippen LogP contribution in [0.5, 0.6) is 0 Å². The number of hydrogen-bond donors (Lipinski definition) is 2. The normalized spacial score (nSPS) is 10.2. The summed E-state index contributed by atoms with van der Waals surface area (Å²) < 4.78 is 0. The van der Waals surface area contributed by atoms with Gasteiger partial charge in [-0.15, -0.1) is 0 Å². The van der Waals surface area contributed by atoms with Crippen LogP contribution in [0.1, 0.15) is 17.3 Å². The summed E-state index contributed by atoms with van der Waals surface area (Å²) in [6.45, 7) is 1.51. The highest BCUT2D eigenvalue weighted by Gasteiger charge is 2.09. The molecule has 0 radical (unpaired) electrons. The van der Waals surface area contributed by atoms with Crippen molar-refractivity contribution in [3.05, 3.63) is 48.0 Å². The highest BCUT2D eigenvalue weighted by atomic mass is 16.1. The third-order valence-corrected chi connectivity index (χ3v) is 2.71. The van der Waals surface area contributed by atoms with Gasteiger partial charge < -0.3 is 11.5 Å². The third-order valence-electron chi connectivity index (χ3n) is 2.71. The van der Waals surface area contributed by atoms with Crippen LogP contribution in [0.25, 0.3) is 11.1 Å². The van der Waals surface area contributed by atoms with E-state index in [1.54, 1.807) is 6.07 Å². The van der Waals surface area contributed by atoms with Crippen molar-refractivity contribution in [2.24, 2.45) is 0 Å². The van der Waals surface area contributed by atoms with E-state index in [1.807, 2.05) is 36.4 Å². The maximum absolute atomic E-state index is 11.4. The molecule has 0 unspecified atom stereocenters. The Balaban J connectivity index is 2.56. The highest BCUT2D eigenvalue weighted by Crippen LogP contribution is 2.29. The Bertz CT molecular complexity index is 559. The first kappa shape index (κ1) is 11.2. The zero-order chi connectivity index (χ0) is 12.4. The fourth-order valence-electron chi connectivity index (χ4n) is 1.79. The maximum Gasteiger partial charge on any atom is 0.161 e. The molecular formula is C14H14N2O. The third kappa shape index (κ3) is 2.13. The Morgan fingerprint density at radius 3 is 2.24 bits per heavy atom. The molecule has 0 aromatic heterocycles. The van der Waals surface area contributed by atoms with Gasteiger partial charge in [-0.05, 0) is 30.7 Å². The Hall–Kier alpha value is -2.29. The van der Waals surface area contributed by atoms with Gasteiger partial charge in [0, 0.05) is 16.8 Å². The molecule has 0 aliphatic rings. The van der Waals surface area contributed by atoms with Crippen LogP contribution in [0.2, 0.25) is 0 Å². The molecule has 0 aliphatic carbocycles. The number of Topliss-reactive ketones (excluding diaryl/α,β-unsaturated/α-hetero) is 1. The van der Waals surface area contributed by atoms with E-state index in [9.17, 15) is 4.79 Å². The van der Waals surface area contributed by atoms with Crippen LogP contribution >= 0.6 is 0 Å². The molecule has 2 rings (SSSR count). The van der Waals surface area contributed by atoms with E-state index in [-0.39, 0.29) is 5.78 Å². The quantitative estimate of drug-likeness (QED) is 0.611. The molecule has 0 saturated carbocycles. The van der Waals surface area contributed by atoms with Gasteiger partial charge in [-0.3, -0.25) is 4.79 Å². The highest BCUT2D eigenvalue weighted by molar-refractivity contribution is 6.02. The van der Waals surface area contributed by atoms with E-state index in [2.05, 4.69) is 0 Å². The topological polar surface area (TPSA) is 69.1 Å². The molecule has 3 heteroatoms. The lowest BCUT2D eigenvalue weighted by molar-refractivity contribution is 0.101. The van der Waals surface area contributed by atoms with Crippen molar-refractivity contribution in [1.29, 1.82) is 0 Å². The number of ketones is 1. The summed E-state index contributed by atoms with van der Waals surface area (Å²) in [5.74, 6) is -0.0280. The van der Waals surface area contributed by atoms with Gasteiger partial charge in [0.05, 0.1) is 5.69 Å². The average molecular weight is 226 g/mol. The van der Waals surface area contributed by atoms with E-state index in [0.29, 0.717) is 16.9 Å². The number of hydrogen-bond acceptors (Lipinski definition) is 3. The van der Waals surface area contributed by atoms with Crippen molar-refractivity contribution in [1.82, 2.24) is 0 Å². The van der Waals surface area contributed by atoms with Crippen molar-refractivity contribution in [2.45, 2.75) is 6.92 Å². The van der Waals surface area contributed by atoms with E-state index < -0.39 is 0 Å². The molecule has 4 N–H and O–H groups in total. The van der Waals surface area contributed by atoms with Crippen molar-refractivity contribution < 1.29 is 4.79 Å². The average Bonchev–Trinajstić information content (AvgIpc) is 2.30. The Labute approximate surface area is 100 Å². The fraction of sp³-hybridized carbons (Fsp3) is 0.0714. The standard InChI is InChI=1S/C14H14N2O/c1-9(17)12-3-2-4-13(14(12)16)10-5-7-11(15)8-6-10/h2-8H,15-16H2,1H3. The van der Waals surface area contributed by atoms with Gasteiger partial charge in [-0.2, -0.15) is 0 Å². The smallest absolute Gasteiger partial charge is 0.161 e. The van der Waals surface area contributed by atoms with Crippen molar-refractivity contribution in [3.8, 4) is 11.1 Å². The molecule has 0 saturated heterocycles. The molecular weight excluding hydrogens is 212 g/mol. The van der Waals surface area contributed by atoms with Gasteiger partial charge in [0.2, 0.25) is 0 Å². The summed E-state index contributed by atoms with van der Waals surface area (Å²) in [7, 11) is 0. The van der Waals surface area contributed by atoms with Crippen LogP contribution < -0.4 is 11.5 Å². The van der Waals surface area contributed by atoms with E-state index in [1.165, 1.54) is 6.92 Å². The number of rotatable bonds is 2. The van der Waals surface area contributed by atoms with Crippen LogP contribution in [0.4, 0.5) is 11.4 Å². The van der Waals surface area contributed by atoms with Gasteiger partial charge in [-0.25, -0.2) is 0 Å². The largest absolute Gasteiger partial charge is 0.399 e. The van der Waals surface area contributed by atoms with Gasteiger partial charge >= 0.3 is 0 Å². The number of para-hydroxylation sites is 1. The number of anilines is 2. The molecule has 2 aromatic rings. The summed E-state index contributed by atoms with van der Waals surface area (Å²) in [5, 5.41) is 0. The number of benzene rings is 2. The predicted octanol–water partition coefficient (Wildman–Crippen LogP) is 2.72. The first-order valence-electron chi connectivity index (χ1n) is 5.35. The number of nitrogen functional groups attached to an aromatic ring is 2. The summed E-state index contributed by atoms with van der Waals surface area (Å²) in [4.78, 5) is 11.4. The molecule has 17 heavy (non-hydrogen) atoms. The Kier molecular flexibility index (Phi) is 2.83. The molecule has 0 heterocycles. The first-order chi connectivity index (χ1) is 8.09. The minimum Gasteiger partial charge on any atom is -0.399 e. The van der Waals surface area contributed by atoms with Crippen molar-refractivity contribution in [2.75, 3.05) is 11.5 Å². The number of carbonyl (C=O) groups is 1. The molecule has 0 spiro atoms. The predicted molar refractivity (Wildman–Crippen MR) is 70.7 cm³/mol. The molecule has 0 amide bonds. The van der Waals surface area contributed by atoms with Crippen LogP contribution in [0.3, 0.4) is 0 Å². The summed E-state index contributed by atoms with van der Waals surface area (Å²) in [6.07, 6.45) is 0. The van der Waals surface area contributed by atoms with Gasteiger partial charge in [0.25, 0.3) is 0 Å². The van der Waals surface area contributed by atoms with Crippen LogP contribution in [0.15, 0.2) is 42.5 Å². The Morgan fingerprint density at radius 1 is 1.00 bits per heavy atom. The molecule has 86 valence electrons. The molecule has 3 nitrogen and oxygen atoms in total. The second kappa shape index (κ2) is 4.29. The molecule has 0 bridgehead atoms. The molecule has 0 fully saturated rings. The summed E-state index contributed by atoms with van der Waals surface area (Å²) in [6, 6.07) is 12.9. The lowest BCUT2D eigenvalue weighted by Gasteiger charge is -2.09. The van der Waals surface area contributed by atoms with Crippen LogP contribution in [-0.4, -0.2) is 5.78 Å². The second-order valence-corrected chi connectivity index (χ2v) is 3.95.